The van der Waals surface area contributed by atoms with Gasteiger partial charge in [0.25, 0.3) is 0 Å². The highest BCUT2D eigenvalue weighted by molar-refractivity contribution is 6.57. The maximum absolute atomic E-state index is 12.4. The molecule has 7 nitrogen and oxygen atoms in total. The Labute approximate surface area is 140 Å². The van der Waals surface area contributed by atoms with Crippen molar-refractivity contribution >= 4 is 25.6 Å². The first kappa shape index (κ1) is 18.0. The second-order valence-electron chi connectivity index (χ2n) is 5.81. The topological polar surface area (TPSA) is 102 Å². The van der Waals surface area contributed by atoms with Gasteiger partial charge < -0.3 is 19.9 Å². The van der Waals surface area contributed by atoms with Crippen LogP contribution in [0.15, 0.2) is 30.3 Å². The number of esters is 2. The molecule has 1 aromatic carbocycles. The van der Waals surface area contributed by atoms with Crippen molar-refractivity contribution in [2.75, 3.05) is 6.61 Å². The van der Waals surface area contributed by atoms with E-state index in [4.69, 9.17) is 9.47 Å². The van der Waals surface area contributed by atoms with Crippen LogP contribution in [-0.2, 0) is 25.5 Å². The molecular formula is C16H20BNO6. The first-order valence-corrected chi connectivity index (χ1v) is 7.74. The van der Waals surface area contributed by atoms with Crippen molar-refractivity contribution in [3.05, 3.63) is 35.9 Å². The van der Waals surface area contributed by atoms with Crippen LogP contribution in [0.25, 0.3) is 0 Å². The Morgan fingerprint density at radius 1 is 1.29 bits per heavy atom. The number of nitrogens with one attached hydrogen (secondary N) is 1. The summed E-state index contributed by atoms with van der Waals surface area (Å²) in [5.74, 6) is -2.69. The number of amides is 1. The van der Waals surface area contributed by atoms with E-state index in [1.807, 2.05) is 30.3 Å². The SMILES string of the molecule is BC(=O)NC1COC(=O)[C@H](Cc2ccccc2)[C@@H](O)[C@H](C)OC1=O. The predicted molar refractivity (Wildman–Crippen MR) is 87.0 cm³/mol. The second-order valence-corrected chi connectivity index (χ2v) is 5.81. The van der Waals surface area contributed by atoms with Gasteiger partial charge in [-0.1, -0.05) is 30.3 Å². The summed E-state index contributed by atoms with van der Waals surface area (Å²) in [5.41, 5.74) is 0.856. The van der Waals surface area contributed by atoms with Gasteiger partial charge in [-0.3, -0.25) is 9.59 Å². The molecule has 1 amide bonds. The van der Waals surface area contributed by atoms with Gasteiger partial charge in [-0.15, -0.1) is 0 Å². The summed E-state index contributed by atoms with van der Waals surface area (Å²) in [6.07, 6.45) is -1.86. The third-order valence-electron chi connectivity index (χ3n) is 3.85. The Morgan fingerprint density at radius 2 is 1.96 bits per heavy atom. The highest BCUT2D eigenvalue weighted by atomic mass is 16.6. The van der Waals surface area contributed by atoms with Crippen LogP contribution in [0.2, 0.25) is 0 Å². The number of hydrogen-bond acceptors (Lipinski definition) is 6. The predicted octanol–water partition coefficient (Wildman–Crippen LogP) is -0.594. The summed E-state index contributed by atoms with van der Waals surface area (Å²) in [7, 11) is 1.25. The smallest absolute Gasteiger partial charge is 0.332 e. The van der Waals surface area contributed by atoms with E-state index in [2.05, 4.69) is 5.32 Å². The van der Waals surface area contributed by atoms with Crippen LogP contribution in [0.5, 0.6) is 0 Å². The number of aliphatic hydroxyl groups is 1. The molecular weight excluding hydrogens is 313 g/mol. The molecule has 1 unspecified atom stereocenters. The first-order chi connectivity index (χ1) is 11.4. The van der Waals surface area contributed by atoms with Gasteiger partial charge in [-0.05, 0) is 18.9 Å². The van der Waals surface area contributed by atoms with Crippen molar-refractivity contribution in [2.24, 2.45) is 5.92 Å². The zero-order valence-corrected chi connectivity index (χ0v) is 13.6. The number of hydrogen-bond donors (Lipinski definition) is 2. The summed E-state index contributed by atoms with van der Waals surface area (Å²) in [5, 5.41) is 12.8. The zero-order chi connectivity index (χ0) is 17.7. The molecule has 1 aliphatic heterocycles. The second kappa shape index (κ2) is 7.96. The van der Waals surface area contributed by atoms with Gasteiger partial charge in [0.2, 0.25) is 7.85 Å². The van der Waals surface area contributed by atoms with Gasteiger partial charge in [-0.2, -0.15) is 0 Å². The standard InChI is InChI=1S/C16H20BNO6/c1-9-13(19)11(7-10-5-3-2-4-6-10)14(20)23-8-12(15(21)24-9)18-16(17)22/h2-6,9,11-13,19H,7-8,17H2,1H3,(H,18,22)/t9-,11+,12?,13-/m0/s1. The van der Waals surface area contributed by atoms with Crippen molar-refractivity contribution in [3.63, 3.8) is 0 Å². The fourth-order valence-electron chi connectivity index (χ4n) is 2.56. The van der Waals surface area contributed by atoms with E-state index >= 15 is 0 Å². The van der Waals surface area contributed by atoms with E-state index in [-0.39, 0.29) is 13.0 Å². The molecule has 0 saturated carbocycles. The Balaban J connectivity index is 2.19. The van der Waals surface area contributed by atoms with Crippen LogP contribution in [0.1, 0.15) is 12.5 Å². The average Bonchev–Trinajstić information content (AvgIpc) is 2.58. The van der Waals surface area contributed by atoms with Crippen molar-refractivity contribution in [3.8, 4) is 0 Å². The number of carbonyl (C=O) groups is 3. The van der Waals surface area contributed by atoms with E-state index in [1.165, 1.54) is 14.8 Å². The summed E-state index contributed by atoms with van der Waals surface area (Å²) in [6, 6.07) is 8.10. The van der Waals surface area contributed by atoms with Crippen LogP contribution < -0.4 is 5.32 Å². The molecule has 8 heteroatoms. The Morgan fingerprint density at radius 3 is 2.58 bits per heavy atom. The zero-order valence-electron chi connectivity index (χ0n) is 13.6. The molecule has 0 bridgehead atoms. The number of cyclic esters (lactones) is 2. The minimum atomic E-state index is -1.21. The molecule has 2 rings (SSSR count). The first-order valence-electron chi connectivity index (χ1n) is 7.74. The summed E-state index contributed by atoms with van der Waals surface area (Å²) < 4.78 is 10.3. The van der Waals surface area contributed by atoms with Crippen LogP contribution in [0, 0.1) is 5.92 Å². The molecule has 1 saturated heterocycles. The number of carbonyl (C=O) groups excluding carboxylic acids is 3. The maximum Gasteiger partial charge on any atom is 0.332 e. The summed E-state index contributed by atoms with van der Waals surface area (Å²) in [4.78, 5) is 35.6. The quantitative estimate of drug-likeness (QED) is 0.566. The monoisotopic (exact) mass is 333 g/mol. The number of ether oxygens (including phenoxy) is 2. The van der Waals surface area contributed by atoms with Gasteiger partial charge in [0.15, 0.2) is 11.8 Å². The highest BCUT2D eigenvalue weighted by Gasteiger charge is 2.38. The molecule has 1 fully saturated rings. The highest BCUT2D eigenvalue weighted by Crippen LogP contribution is 2.20. The van der Waals surface area contributed by atoms with Gasteiger partial charge in [0.05, 0.1) is 5.92 Å². The minimum Gasteiger partial charge on any atom is -0.463 e. The third kappa shape index (κ3) is 4.58. The lowest BCUT2D eigenvalue weighted by Gasteiger charge is -2.24. The van der Waals surface area contributed by atoms with E-state index in [9.17, 15) is 19.5 Å². The summed E-state index contributed by atoms with van der Waals surface area (Å²) >= 11 is 0. The Bertz CT molecular complexity index is 608. The molecule has 4 atom stereocenters. The fourth-order valence-corrected chi connectivity index (χ4v) is 2.56. The lowest BCUT2D eigenvalue weighted by Crippen LogP contribution is -2.45. The lowest BCUT2D eigenvalue weighted by atomic mass is 9.91. The molecule has 0 spiro atoms. The average molecular weight is 333 g/mol. The van der Waals surface area contributed by atoms with Crippen LogP contribution in [0.4, 0.5) is 4.79 Å². The number of rotatable bonds is 3. The fraction of sp³-hybridized carbons (Fsp3) is 0.438. The third-order valence-corrected chi connectivity index (χ3v) is 3.85. The van der Waals surface area contributed by atoms with Crippen LogP contribution >= 0.6 is 0 Å². The van der Waals surface area contributed by atoms with E-state index in [0.717, 1.165) is 5.56 Å². The molecule has 24 heavy (non-hydrogen) atoms. The molecule has 1 aromatic rings. The van der Waals surface area contributed by atoms with Crippen molar-refractivity contribution in [1.82, 2.24) is 5.32 Å². The molecule has 2 N–H and O–H groups in total. The number of benzene rings is 1. The van der Waals surface area contributed by atoms with Crippen molar-refractivity contribution in [2.45, 2.75) is 31.6 Å². The van der Waals surface area contributed by atoms with Gasteiger partial charge >= 0.3 is 11.9 Å². The van der Waals surface area contributed by atoms with Crippen LogP contribution in [-0.4, -0.2) is 55.6 Å². The molecule has 0 aliphatic carbocycles. The Hall–Kier alpha value is -2.35. The van der Waals surface area contributed by atoms with Crippen molar-refractivity contribution in [1.29, 1.82) is 0 Å². The molecule has 1 heterocycles. The molecule has 0 aromatic heterocycles. The lowest BCUT2D eigenvalue weighted by molar-refractivity contribution is -0.159. The normalized spacial score (nSPS) is 27.9. The molecule has 128 valence electrons. The van der Waals surface area contributed by atoms with Gasteiger partial charge in [0, 0.05) is 0 Å². The van der Waals surface area contributed by atoms with Gasteiger partial charge in [-0.25, -0.2) is 4.79 Å². The molecule has 1 aliphatic rings. The summed E-state index contributed by atoms with van der Waals surface area (Å²) in [6.45, 7) is 1.17. The van der Waals surface area contributed by atoms with E-state index in [1.54, 1.807) is 0 Å². The minimum absolute atomic E-state index is 0.257. The van der Waals surface area contributed by atoms with E-state index in [0.29, 0.717) is 0 Å². The number of aliphatic hydroxyl groups excluding tert-OH is 1. The Kier molecular flexibility index (Phi) is 5.97. The van der Waals surface area contributed by atoms with Crippen LogP contribution in [0.3, 0.4) is 0 Å². The maximum atomic E-state index is 12.4. The van der Waals surface area contributed by atoms with E-state index < -0.39 is 41.9 Å². The van der Waals surface area contributed by atoms with Gasteiger partial charge in [0.1, 0.15) is 18.8 Å². The van der Waals surface area contributed by atoms with Crippen molar-refractivity contribution < 1.29 is 29.0 Å². The largest absolute Gasteiger partial charge is 0.463 e. The molecule has 0 radical (unpaired) electrons.